The normalized spacial score (nSPS) is 12.2. The highest BCUT2D eigenvalue weighted by molar-refractivity contribution is 5.99. The lowest BCUT2D eigenvalue weighted by Gasteiger charge is -2.17. The van der Waals surface area contributed by atoms with Crippen molar-refractivity contribution in [3.8, 4) is 6.07 Å². The molecule has 5 heteroatoms. The molecule has 5 nitrogen and oxygen atoms in total. The van der Waals surface area contributed by atoms with Gasteiger partial charge in [-0.3, -0.25) is 9.59 Å². The number of aryl methyl sites for hydroxylation is 1. The Morgan fingerprint density at radius 3 is 2.69 bits per heavy atom. The van der Waals surface area contributed by atoms with Crippen LogP contribution in [0.4, 0.5) is 11.4 Å². The van der Waals surface area contributed by atoms with Crippen molar-refractivity contribution in [2.75, 3.05) is 16.8 Å². The summed E-state index contributed by atoms with van der Waals surface area (Å²) in [4.78, 5) is 25.7. The van der Waals surface area contributed by atoms with Crippen LogP contribution in [-0.2, 0) is 22.4 Å². The van der Waals surface area contributed by atoms with Gasteiger partial charge < -0.3 is 10.2 Å². The highest BCUT2D eigenvalue weighted by Crippen LogP contribution is 2.31. The zero-order chi connectivity index (χ0) is 18.5. The smallest absolute Gasteiger partial charge is 0.247 e. The Bertz CT molecular complexity index is 894. The molecular weight excluding hydrogens is 326 g/mol. The van der Waals surface area contributed by atoms with Crippen LogP contribution in [0.15, 0.2) is 55.1 Å². The van der Waals surface area contributed by atoms with Crippen LogP contribution in [0.1, 0.15) is 23.1 Å². The van der Waals surface area contributed by atoms with Gasteiger partial charge in [0.15, 0.2) is 0 Å². The van der Waals surface area contributed by atoms with E-state index in [1.165, 1.54) is 6.08 Å². The maximum absolute atomic E-state index is 12.6. The number of carbonyl (C=O) groups excluding carboxylic acids is 2. The van der Waals surface area contributed by atoms with Gasteiger partial charge in [-0.2, -0.15) is 5.26 Å². The Kier molecular flexibility index (Phi) is 5.14. The number of amides is 2. The third kappa shape index (κ3) is 3.65. The number of nitrogens with one attached hydrogen (secondary N) is 1. The number of hydrogen-bond acceptors (Lipinski definition) is 3. The van der Waals surface area contributed by atoms with Gasteiger partial charge in [0.05, 0.1) is 11.6 Å². The van der Waals surface area contributed by atoms with Gasteiger partial charge in [-0.15, -0.1) is 0 Å². The van der Waals surface area contributed by atoms with E-state index in [2.05, 4.69) is 18.0 Å². The highest BCUT2D eigenvalue weighted by Gasteiger charge is 2.26. The Morgan fingerprint density at radius 1 is 1.23 bits per heavy atom. The molecule has 26 heavy (non-hydrogen) atoms. The summed E-state index contributed by atoms with van der Waals surface area (Å²) < 4.78 is 0. The van der Waals surface area contributed by atoms with E-state index in [4.69, 9.17) is 0 Å². The molecule has 0 aromatic heterocycles. The van der Waals surface area contributed by atoms with Crippen molar-refractivity contribution < 1.29 is 9.59 Å². The van der Waals surface area contributed by atoms with Crippen LogP contribution in [0.3, 0.4) is 0 Å². The van der Waals surface area contributed by atoms with Crippen molar-refractivity contribution in [2.24, 2.45) is 0 Å². The van der Waals surface area contributed by atoms with Crippen molar-refractivity contribution in [1.29, 1.82) is 5.26 Å². The van der Waals surface area contributed by atoms with Gasteiger partial charge >= 0.3 is 0 Å². The molecule has 0 aliphatic carbocycles. The first-order valence-electron chi connectivity index (χ1n) is 8.47. The largest absolute Gasteiger partial charge is 0.323 e. The minimum Gasteiger partial charge on any atom is -0.323 e. The van der Waals surface area contributed by atoms with Gasteiger partial charge in [0.1, 0.15) is 0 Å². The minimum absolute atomic E-state index is 0.0582. The van der Waals surface area contributed by atoms with Gasteiger partial charge in [-0.05, 0) is 54.3 Å². The first-order valence-corrected chi connectivity index (χ1v) is 8.47. The quantitative estimate of drug-likeness (QED) is 0.846. The second-order valence-electron chi connectivity index (χ2n) is 6.10. The molecule has 0 bridgehead atoms. The molecule has 1 aliphatic rings. The van der Waals surface area contributed by atoms with Crippen LogP contribution in [0, 0.1) is 11.3 Å². The number of carbonyl (C=O) groups is 2. The lowest BCUT2D eigenvalue weighted by atomic mass is 10.1. The standard InChI is InChI=1S/C21H19N3O2/c1-2-20(25)23-17-9-6-15(7-10-17)8-11-21(26)24-13-12-18-16(14-22)4-3-5-19(18)24/h2-7,9-10H,1,8,11-13H2,(H,23,25). The van der Waals surface area contributed by atoms with E-state index in [0.29, 0.717) is 30.6 Å². The average Bonchev–Trinajstić information content (AvgIpc) is 3.11. The Hall–Kier alpha value is -3.39. The number of rotatable bonds is 5. The van der Waals surface area contributed by atoms with Gasteiger partial charge in [-0.25, -0.2) is 0 Å². The first kappa shape index (κ1) is 17.4. The van der Waals surface area contributed by atoms with Gasteiger partial charge in [0.2, 0.25) is 11.8 Å². The maximum Gasteiger partial charge on any atom is 0.247 e. The zero-order valence-electron chi connectivity index (χ0n) is 14.4. The molecule has 130 valence electrons. The summed E-state index contributed by atoms with van der Waals surface area (Å²) in [5.41, 5.74) is 4.19. The lowest BCUT2D eigenvalue weighted by molar-refractivity contribution is -0.118. The second kappa shape index (κ2) is 7.66. The predicted octanol–water partition coefficient (Wildman–Crippen LogP) is 3.20. The fourth-order valence-corrected chi connectivity index (χ4v) is 3.13. The van der Waals surface area contributed by atoms with Crippen molar-refractivity contribution in [2.45, 2.75) is 19.3 Å². The van der Waals surface area contributed by atoms with Crippen molar-refractivity contribution in [3.63, 3.8) is 0 Å². The first-order chi connectivity index (χ1) is 12.6. The fraction of sp³-hybridized carbons (Fsp3) is 0.190. The van der Waals surface area contributed by atoms with Crippen molar-refractivity contribution in [3.05, 3.63) is 71.8 Å². The van der Waals surface area contributed by atoms with E-state index in [-0.39, 0.29) is 11.8 Å². The molecular formula is C21H19N3O2. The highest BCUT2D eigenvalue weighted by atomic mass is 16.2. The molecule has 0 saturated heterocycles. The molecule has 0 saturated carbocycles. The van der Waals surface area contributed by atoms with Crippen LogP contribution >= 0.6 is 0 Å². The summed E-state index contributed by atoms with van der Waals surface area (Å²) in [6, 6.07) is 15.1. The van der Waals surface area contributed by atoms with Crippen molar-refractivity contribution in [1.82, 2.24) is 0 Å². The molecule has 2 amide bonds. The van der Waals surface area contributed by atoms with Crippen molar-refractivity contribution >= 4 is 23.2 Å². The zero-order valence-corrected chi connectivity index (χ0v) is 14.4. The predicted molar refractivity (Wildman–Crippen MR) is 101 cm³/mol. The molecule has 2 aromatic carbocycles. The van der Waals surface area contributed by atoms with Crippen LogP contribution in [0.25, 0.3) is 0 Å². The third-order valence-electron chi connectivity index (χ3n) is 4.48. The summed E-state index contributed by atoms with van der Waals surface area (Å²) >= 11 is 0. The van der Waals surface area contributed by atoms with Gasteiger partial charge in [0, 0.05) is 24.3 Å². The summed E-state index contributed by atoms with van der Waals surface area (Å²) in [7, 11) is 0. The van der Waals surface area contributed by atoms with Crippen LogP contribution in [0.5, 0.6) is 0 Å². The Labute approximate surface area is 152 Å². The average molecular weight is 345 g/mol. The number of nitriles is 1. The Balaban J connectivity index is 1.61. The molecule has 1 heterocycles. The summed E-state index contributed by atoms with van der Waals surface area (Å²) in [5, 5.41) is 11.9. The fourth-order valence-electron chi connectivity index (χ4n) is 3.13. The SMILES string of the molecule is C=CC(=O)Nc1ccc(CCC(=O)N2CCc3c(C#N)cccc32)cc1. The summed E-state index contributed by atoms with van der Waals surface area (Å²) in [6.07, 6.45) is 2.97. The molecule has 0 atom stereocenters. The molecule has 0 radical (unpaired) electrons. The Morgan fingerprint density at radius 2 is 2.00 bits per heavy atom. The second-order valence-corrected chi connectivity index (χ2v) is 6.10. The molecule has 0 fully saturated rings. The van der Waals surface area contributed by atoms with E-state index in [1.54, 1.807) is 11.0 Å². The monoisotopic (exact) mass is 345 g/mol. The van der Waals surface area contributed by atoms with E-state index >= 15 is 0 Å². The van der Waals surface area contributed by atoms with Crippen LogP contribution in [-0.4, -0.2) is 18.4 Å². The third-order valence-corrected chi connectivity index (χ3v) is 4.48. The van der Waals surface area contributed by atoms with E-state index < -0.39 is 0 Å². The topological polar surface area (TPSA) is 73.2 Å². The number of fused-ring (bicyclic) bond motifs is 1. The molecule has 1 N–H and O–H groups in total. The van der Waals surface area contributed by atoms with E-state index in [9.17, 15) is 14.9 Å². The molecule has 1 aliphatic heterocycles. The summed E-state index contributed by atoms with van der Waals surface area (Å²) in [5.74, 6) is -0.194. The lowest BCUT2D eigenvalue weighted by Crippen LogP contribution is -2.29. The molecule has 0 spiro atoms. The minimum atomic E-state index is -0.252. The van der Waals surface area contributed by atoms with Gasteiger partial charge in [0.25, 0.3) is 0 Å². The number of hydrogen-bond donors (Lipinski definition) is 1. The van der Waals surface area contributed by atoms with Crippen LogP contribution < -0.4 is 10.2 Å². The van der Waals surface area contributed by atoms with E-state index in [1.807, 2.05) is 36.4 Å². The van der Waals surface area contributed by atoms with Gasteiger partial charge in [-0.1, -0.05) is 24.8 Å². The molecule has 2 aromatic rings. The van der Waals surface area contributed by atoms with Crippen LogP contribution in [0.2, 0.25) is 0 Å². The number of benzene rings is 2. The summed E-state index contributed by atoms with van der Waals surface area (Å²) in [6.45, 7) is 4.04. The maximum atomic E-state index is 12.6. The molecule has 3 rings (SSSR count). The van der Waals surface area contributed by atoms with E-state index in [0.717, 1.165) is 23.2 Å². The molecule has 0 unspecified atom stereocenters. The number of nitrogens with zero attached hydrogens (tertiary/aromatic N) is 2. The number of anilines is 2.